The van der Waals surface area contributed by atoms with Crippen LogP contribution in [0.5, 0.6) is 0 Å². The van der Waals surface area contributed by atoms with Gasteiger partial charge in [-0.1, -0.05) is 25.1 Å². The molecular weight excluding hydrogens is 256 g/mol. The smallest absolute Gasteiger partial charge is 0.323 e. The summed E-state index contributed by atoms with van der Waals surface area (Å²) in [6.45, 7) is 6.18. The summed E-state index contributed by atoms with van der Waals surface area (Å²) in [6, 6.07) is 5.91. The van der Waals surface area contributed by atoms with Gasteiger partial charge in [0, 0.05) is 12.2 Å². The number of aryl methyl sites for hydroxylation is 2. The number of anilines is 1. The number of hydrogen-bond acceptors (Lipinski definition) is 3. The highest BCUT2D eigenvalue weighted by Gasteiger charge is 2.16. The van der Waals surface area contributed by atoms with Crippen LogP contribution in [0.4, 0.5) is 5.69 Å². The number of carbonyl (C=O) groups is 2. The van der Waals surface area contributed by atoms with Crippen LogP contribution in [0.1, 0.15) is 24.5 Å². The van der Waals surface area contributed by atoms with Crippen molar-refractivity contribution in [2.24, 2.45) is 0 Å². The lowest BCUT2D eigenvalue weighted by Crippen LogP contribution is -2.39. The highest BCUT2D eigenvalue weighted by Crippen LogP contribution is 2.18. The summed E-state index contributed by atoms with van der Waals surface area (Å²) in [6.07, 6.45) is 0.739. The maximum absolute atomic E-state index is 12.1. The third kappa shape index (κ3) is 4.57. The Balaban J connectivity index is 2.67. The molecule has 0 saturated carbocycles. The second-order valence-electron chi connectivity index (χ2n) is 4.83. The van der Waals surface area contributed by atoms with Crippen molar-refractivity contribution in [3.8, 4) is 0 Å². The lowest BCUT2D eigenvalue weighted by atomic mass is 10.1. The Hall–Kier alpha value is -2.04. The third-order valence-corrected chi connectivity index (χ3v) is 3.07. The Bertz CT molecular complexity index is 466. The molecule has 1 amide bonds. The fourth-order valence-electron chi connectivity index (χ4n) is 2.09. The van der Waals surface area contributed by atoms with Gasteiger partial charge in [0.1, 0.15) is 6.54 Å². The molecule has 0 fully saturated rings. The van der Waals surface area contributed by atoms with Crippen molar-refractivity contribution < 1.29 is 14.7 Å². The molecule has 0 atom stereocenters. The van der Waals surface area contributed by atoms with Crippen molar-refractivity contribution in [3.63, 3.8) is 0 Å². The molecule has 0 bridgehead atoms. The van der Waals surface area contributed by atoms with Gasteiger partial charge in [0.15, 0.2) is 0 Å². The molecule has 0 unspecified atom stereocenters. The van der Waals surface area contributed by atoms with Crippen molar-refractivity contribution in [1.29, 1.82) is 0 Å². The molecule has 0 saturated heterocycles. The van der Waals surface area contributed by atoms with E-state index in [1.54, 1.807) is 0 Å². The second-order valence-corrected chi connectivity index (χ2v) is 4.83. The maximum Gasteiger partial charge on any atom is 0.323 e. The first-order valence-corrected chi connectivity index (χ1v) is 6.75. The molecule has 2 N–H and O–H groups in total. The van der Waals surface area contributed by atoms with Gasteiger partial charge in [0.05, 0.1) is 6.54 Å². The number of carbonyl (C=O) groups excluding carboxylic acids is 1. The molecule has 0 aromatic heterocycles. The molecule has 1 aromatic rings. The van der Waals surface area contributed by atoms with E-state index >= 15 is 0 Å². The number of rotatable bonds is 7. The van der Waals surface area contributed by atoms with E-state index in [2.05, 4.69) is 5.32 Å². The SMILES string of the molecule is CCCN(CC(=O)O)C(=O)CNc1c(C)cccc1C. The van der Waals surface area contributed by atoms with Gasteiger partial charge in [-0.05, 0) is 31.4 Å². The molecule has 1 rings (SSSR count). The van der Waals surface area contributed by atoms with Gasteiger partial charge in [-0.25, -0.2) is 0 Å². The molecule has 20 heavy (non-hydrogen) atoms. The Morgan fingerprint density at radius 3 is 2.35 bits per heavy atom. The number of carboxylic acids is 1. The number of amides is 1. The van der Waals surface area contributed by atoms with Gasteiger partial charge in [-0.3, -0.25) is 9.59 Å². The number of carboxylic acid groups (broad SMARTS) is 1. The highest BCUT2D eigenvalue weighted by atomic mass is 16.4. The summed E-state index contributed by atoms with van der Waals surface area (Å²) in [5.41, 5.74) is 3.07. The van der Waals surface area contributed by atoms with Crippen LogP contribution >= 0.6 is 0 Å². The first-order valence-electron chi connectivity index (χ1n) is 6.75. The molecule has 5 nitrogen and oxygen atoms in total. The molecule has 0 radical (unpaired) electrons. The van der Waals surface area contributed by atoms with Crippen LogP contribution in [0.15, 0.2) is 18.2 Å². The fraction of sp³-hybridized carbons (Fsp3) is 0.467. The second kappa shape index (κ2) is 7.53. The minimum absolute atomic E-state index is 0.110. The van der Waals surface area contributed by atoms with Crippen LogP contribution in [0.2, 0.25) is 0 Å². The number of nitrogens with one attached hydrogen (secondary N) is 1. The van der Waals surface area contributed by atoms with Gasteiger partial charge >= 0.3 is 5.97 Å². The third-order valence-electron chi connectivity index (χ3n) is 3.07. The summed E-state index contributed by atoms with van der Waals surface area (Å²) in [5.74, 6) is -1.18. The van der Waals surface area contributed by atoms with Gasteiger partial charge in [0.25, 0.3) is 0 Å². The highest BCUT2D eigenvalue weighted by molar-refractivity contribution is 5.84. The number of para-hydroxylation sites is 1. The van der Waals surface area contributed by atoms with Crippen LogP contribution in [0, 0.1) is 13.8 Å². The Morgan fingerprint density at radius 2 is 1.85 bits per heavy atom. The van der Waals surface area contributed by atoms with E-state index in [1.165, 1.54) is 4.90 Å². The summed E-state index contributed by atoms with van der Waals surface area (Å²) >= 11 is 0. The molecule has 0 heterocycles. The topological polar surface area (TPSA) is 69.6 Å². The molecule has 0 aliphatic carbocycles. The molecule has 0 spiro atoms. The fourth-order valence-corrected chi connectivity index (χ4v) is 2.09. The van der Waals surface area contributed by atoms with Crippen molar-refractivity contribution in [3.05, 3.63) is 29.3 Å². The first-order chi connectivity index (χ1) is 9.45. The quantitative estimate of drug-likeness (QED) is 0.800. The summed E-state index contributed by atoms with van der Waals surface area (Å²) in [5, 5.41) is 11.9. The molecule has 0 aliphatic rings. The monoisotopic (exact) mass is 278 g/mol. The van der Waals surface area contributed by atoms with E-state index in [9.17, 15) is 9.59 Å². The van der Waals surface area contributed by atoms with E-state index < -0.39 is 5.97 Å². The van der Waals surface area contributed by atoms with Crippen LogP contribution in [-0.4, -0.2) is 41.5 Å². The Morgan fingerprint density at radius 1 is 1.25 bits per heavy atom. The minimum atomic E-state index is -0.987. The molecule has 110 valence electrons. The van der Waals surface area contributed by atoms with Crippen molar-refractivity contribution >= 4 is 17.6 Å². The molecular formula is C15H22N2O3. The van der Waals surface area contributed by atoms with Crippen molar-refractivity contribution in [2.45, 2.75) is 27.2 Å². The zero-order valence-corrected chi connectivity index (χ0v) is 12.3. The van der Waals surface area contributed by atoms with E-state index in [4.69, 9.17) is 5.11 Å². The van der Waals surface area contributed by atoms with Crippen LogP contribution in [0.25, 0.3) is 0 Å². The van der Waals surface area contributed by atoms with E-state index in [0.29, 0.717) is 6.54 Å². The standard InChI is InChI=1S/C15H22N2O3/c1-4-8-17(10-14(19)20)13(18)9-16-15-11(2)6-5-7-12(15)3/h5-7,16H,4,8-10H2,1-3H3,(H,19,20). The summed E-state index contributed by atoms with van der Waals surface area (Å²) < 4.78 is 0. The van der Waals surface area contributed by atoms with Crippen LogP contribution < -0.4 is 5.32 Å². The summed E-state index contributed by atoms with van der Waals surface area (Å²) in [4.78, 5) is 24.2. The lowest BCUT2D eigenvalue weighted by Gasteiger charge is -2.21. The number of nitrogens with zero attached hydrogens (tertiary/aromatic N) is 1. The van der Waals surface area contributed by atoms with Crippen LogP contribution in [-0.2, 0) is 9.59 Å². The van der Waals surface area contributed by atoms with Crippen LogP contribution in [0.3, 0.4) is 0 Å². The molecule has 5 heteroatoms. The van der Waals surface area contributed by atoms with Gasteiger partial charge in [-0.15, -0.1) is 0 Å². The summed E-state index contributed by atoms with van der Waals surface area (Å²) in [7, 11) is 0. The predicted molar refractivity (Wildman–Crippen MR) is 78.9 cm³/mol. The number of hydrogen-bond donors (Lipinski definition) is 2. The minimum Gasteiger partial charge on any atom is -0.480 e. The Kier molecular flexibility index (Phi) is 6.03. The molecule has 0 aliphatic heterocycles. The Labute approximate surface area is 119 Å². The average Bonchev–Trinajstić information content (AvgIpc) is 2.37. The van der Waals surface area contributed by atoms with E-state index in [1.807, 2.05) is 39.0 Å². The lowest BCUT2D eigenvalue weighted by molar-refractivity contribution is -0.143. The van der Waals surface area contributed by atoms with Crippen molar-refractivity contribution in [2.75, 3.05) is 25.0 Å². The first kappa shape index (κ1) is 16.0. The zero-order chi connectivity index (χ0) is 15.1. The van der Waals surface area contributed by atoms with Gasteiger partial charge in [-0.2, -0.15) is 0 Å². The molecule has 1 aromatic carbocycles. The number of aliphatic carboxylic acids is 1. The largest absolute Gasteiger partial charge is 0.480 e. The van der Waals surface area contributed by atoms with Gasteiger partial charge < -0.3 is 15.3 Å². The number of benzene rings is 1. The van der Waals surface area contributed by atoms with Gasteiger partial charge in [0.2, 0.25) is 5.91 Å². The maximum atomic E-state index is 12.1. The van der Waals surface area contributed by atoms with E-state index in [-0.39, 0.29) is 19.0 Å². The zero-order valence-electron chi connectivity index (χ0n) is 12.3. The average molecular weight is 278 g/mol. The predicted octanol–water partition coefficient (Wildman–Crippen LogP) is 2.04. The van der Waals surface area contributed by atoms with E-state index in [0.717, 1.165) is 23.2 Å². The normalized spacial score (nSPS) is 10.2. The van der Waals surface area contributed by atoms with Crippen molar-refractivity contribution in [1.82, 2.24) is 4.90 Å².